The molecule has 0 saturated carbocycles. The Morgan fingerprint density at radius 3 is 2.70 bits per heavy atom. The van der Waals surface area contributed by atoms with E-state index in [2.05, 4.69) is 20.0 Å². The van der Waals surface area contributed by atoms with Gasteiger partial charge < -0.3 is 29.2 Å². The Bertz CT molecular complexity index is 927. The third-order valence-electron chi connectivity index (χ3n) is 4.69. The van der Waals surface area contributed by atoms with Crippen molar-refractivity contribution < 1.29 is 36.9 Å². The fourth-order valence-corrected chi connectivity index (χ4v) is 3.18. The maximum Gasteiger partial charge on any atom is 0.573 e. The first kappa shape index (κ1) is 24.4. The van der Waals surface area contributed by atoms with Gasteiger partial charge in [0.15, 0.2) is 6.10 Å². The fourth-order valence-electron chi connectivity index (χ4n) is 3.18. The van der Waals surface area contributed by atoms with Gasteiger partial charge in [-0.05, 0) is 31.0 Å². The summed E-state index contributed by atoms with van der Waals surface area (Å²) >= 11 is 0. The maximum atomic E-state index is 12.3. The summed E-state index contributed by atoms with van der Waals surface area (Å²) in [5.74, 6) is 0.382. The van der Waals surface area contributed by atoms with E-state index in [1.807, 2.05) is 4.90 Å². The predicted molar refractivity (Wildman–Crippen MR) is 112 cm³/mol. The minimum absolute atomic E-state index is 0.155. The van der Waals surface area contributed by atoms with Gasteiger partial charge >= 0.3 is 18.3 Å². The van der Waals surface area contributed by atoms with Crippen molar-refractivity contribution in [3.05, 3.63) is 35.9 Å². The average Bonchev–Trinajstić information content (AvgIpc) is 2.79. The Labute approximate surface area is 188 Å². The molecule has 1 atom stereocenters. The highest BCUT2D eigenvalue weighted by Gasteiger charge is 2.31. The topological polar surface area (TPSA) is 95.0 Å². The number of nitrogens with one attached hydrogen (secondary N) is 1. The molecule has 1 fully saturated rings. The van der Waals surface area contributed by atoms with Gasteiger partial charge in [0, 0.05) is 19.2 Å². The van der Waals surface area contributed by atoms with E-state index in [0.717, 1.165) is 5.56 Å². The van der Waals surface area contributed by atoms with Crippen molar-refractivity contribution >= 4 is 17.6 Å². The van der Waals surface area contributed by atoms with Crippen LogP contribution in [0.4, 0.5) is 24.8 Å². The van der Waals surface area contributed by atoms with E-state index in [4.69, 9.17) is 14.2 Å². The second-order valence-corrected chi connectivity index (χ2v) is 7.02. The summed E-state index contributed by atoms with van der Waals surface area (Å²) < 4.78 is 56.4. The largest absolute Gasteiger partial charge is 0.573 e. The number of rotatable bonds is 9. The minimum atomic E-state index is -4.72. The molecule has 0 amide bonds. The van der Waals surface area contributed by atoms with Crippen LogP contribution in [0.25, 0.3) is 0 Å². The second kappa shape index (κ2) is 11.0. The Morgan fingerprint density at radius 1 is 1.27 bits per heavy atom. The molecule has 0 bridgehead atoms. The van der Waals surface area contributed by atoms with Crippen LogP contribution >= 0.6 is 0 Å². The maximum absolute atomic E-state index is 12.3. The molecule has 1 aliphatic rings. The zero-order valence-corrected chi connectivity index (χ0v) is 18.2. The van der Waals surface area contributed by atoms with Crippen LogP contribution in [0.15, 0.2) is 30.3 Å². The Morgan fingerprint density at radius 2 is 2.03 bits per heavy atom. The van der Waals surface area contributed by atoms with Crippen LogP contribution < -0.4 is 19.7 Å². The molecule has 9 nitrogen and oxygen atoms in total. The minimum Gasteiger partial charge on any atom is -0.467 e. The molecular weight excluding hydrogens is 445 g/mol. The van der Waals surface area contributed by atoms with E-state index in [9.17, 15) is 18.0 Å². The molecule has 2 aromatic rings. The summed E-state index contributed by atoms with van der Waals surface area (Å²) in [6.45, 7) is 3.62. The van der Waals surface area contributed by atoms with E-state index in [0.29, 0.717) is 37.8 Å². The lowest BCUT2D eigenvalue weighted by molar-refractivity contribution is -0.274. The van der Waals surface area contributed by atoms with Crippen molar-refractivity contribution in [1.29, 1.82) is 0 Å². The summed E-state index contributed by atoms with van der Waals surface area (Å²) in [7, 11) is 1.45. The molecule has 1 aromatic heterocycles. The third kappa shape index (κ3) is 7.38. The smallest absolute Gasteiger partial charge is 0.467 e. The normalized spacial score (nSPS) is 16.3. The number of methoxy groups -OCH3 is 1. The highest BCUT2D eigenvalue weighted by atomic mass is 19.4. The zero-order chi connectivity index (χ0) is 23.8. The van der Waals surface area contributed by atoms with Gasteiger partial charge in [0.1, 0.15) is 17.4 Å². The van der Waals surface area contributed by atoms with Crippen LogP contribution in [-0.2, 0) is 20.7 Å². The van der Waals surface area contributed by atoms with Gasteiger partial charge in [-0.3, -0.25) is 0 Å². The number of hydrogen-bond donors (Lipinski definition) is 1. The van der Waals surface area contributed by atoms with Crippen molar-refractivity contribution in [3.63, 3.8) is 0 Å². The number of carbonyl (C=O) groups excluding carboxylic acids is 1. The number of alkyl halides is 3. The molecule has 33 heavy (non-hydrogen) atoms. The SMILES string of the molecule is CCOC(=O)C1CN(c2cc(NCCc3ccc(OC(F)(F)F)cc3)nc(OC)n2)CCO1. The molecule has 3 rings (SSSR count). The first-order valence-corrected chi connectivity index (χ1v) is 10.3. The molecule has 1 aromatic carbocycles. The Kier molecular flexibility index (Phi) is 8.15. The number of benzene rings is 1. The van der Waals surface area contributed by atoms with Gasteiger partial charge in [-0.2, -0.15) is 9.97 Å². The number of hydrogen-bond acceptors (Lipinski definition) is 9. The Hall–Kier alpha value is -3.28. The summed E-state index contributed by atoms with van der Waals surface area (Å²) in [5, 5.41) is 3.16. The molecule has 1 aliphatic heterocycles. The quantitative estimate of drug-likeness (QED) is 0.555. The number of esters is 1. The van der Waals surface area contributed by atoms with Gasteiger partial charge in [0.05, 0.1) is 26.9 Å². The van der Waals surface area contributed by atoms with Gasteiger partial charge in [0.25, 0.3) is 0 Å². The van der Waals surface area contributed by atoms with Crippen molar-refractivity contribution in [2.75, 3.05) is 50.2 Å². The average molecular weight is 470 g/mol. The highest BCUT2D eigenvalue weighted by molar-refractivity contribution is 5.76. The van der Waals surface area contributed by atoms with E-state index in [-0.39, 0.29) is 24.9 Å². The molecule has 12 heteroatoms. The first-order chi connectivity index (χ1) is 15.8. The van der Waals surface area contributed by atoms with Crippen LogP contribution in [0.5, 0.6) is 11.8 Å². The summed E-state index contributed by atoms with van der Waals surface area (Å²) in [4.78, 5) is 22.5. The van der Waals surface area contributed by atoms with Gasteiger partial charge in [0.2, 0.25) is 0 Å². The van der Waals surface area contributed by atoms with E-state index >= 15 is 0 Å². The number of ether oxygens (including phenoxy) is 4. The van der Waals surface area contributed by atoms with Crippen LogP contribution in [0.2, 0.25) is 0 Å². The zero-order valence-electron chi connectivity index (χ0n) is 18.2. The Balaban J connectivity index is 1.61. The number of anilines is 2. The van der Waals surface area contributed by atoms with Gasteiger partial charge in [-0.15, -0.1) is 13.2 Å². The summed E-state index contributed by atoms with van der Waals surface area (Å²) in [5.41, 5.74) is 0.823. The lowest BCUT2D eigenvalue weighted by Crippen LogP contribution is -2.47. The fraction of sp³-hybridized carbons (Fsp3) is 0.476. The molecule has 180 valence electrons. The summed E-state index contributed by atoms with van der Waals surface area (Å²) in [6, 6.07) is 7.56. The van der Waals surface area contributed by atoms with E-state index < -0.39 is 18.4 Å². The van der Waals surface area contributed by atoms with E-state index in [1.165, 1.54) is 19.2 Å². The third-order valence-corrected chi connectivity index (χ3v) is 4.69. The number of nitrogens with zero attached hydrogens (tertiary/aromatic N) is 3. The van der Waals surface area contributed by atoms with Crippen molar-refractivity contribution in [3.8, 4) is 11.8 Å². The van der Waals surface area contributed by atoms with Gasteiger partial charge in [-0.1, -0.05) is 12.1 Å². The highest BCUT2D eigenvalue weighted by Crippen LogP contribution is 2.24. The monoisotopic (exact) mass is 470 g/mol. The van der Waals surface area contributed by atoms with Crippen LogP contribution in [0, 0.1) is 0 Å². The second-order valence-electron chi connectivity index (χ2n) is 7.02. The molecule has 0 radical (unpaired) electrons. The standard InChI is InChI=1S/C21H25F3N4O5/c1-3-31-19(29)16-13-28(10-11-32-16)18-12-17(26-20(27-18)30-2)25-9-8-14-4-6-15(7-5-14)33-21(22,23)24/h4-7,12,16H,3,8-11,13H2,1-2H3,(H,25,26,27). The first-order valence-electron chi connectivity index (χ1n) is 10.3. The van der Waals surface area contributed by atoms with Crippen molar-refractivity contribution in [2.45, 2.75) is 25.8 Å². The molecule has 0 aliphatic carbocycles. The molecule has 1 N–H and O–H groups in total. The van der Waals surface area contributed by atoms with Gasteiger partial charge in [-0.25, -0.2) is 4.79 Å². The molecule has 0 spiro atoms. The molecule has 1 saturated heterocycles. The number of aromatic nitrogens is 2. The van der Waals surface area contributed by atoms with Crippen LogP contribution in [0.1, 0.15) is 12.5 Å². The number of morpholine rings is 1. The van der Waals surface area contributed by atoms with Crippen molar-refractivity contribution in [2.24, 2.45) is 0 Å². The molecule has 2 heterocycles. The number of halogens is 3. The van der Waals surface area contributed by atoms with Crippen LogP contribution in [0.3, 0.4) is 0 Å². The molecule has 1 unspecified atom stereocenters. The predicted octanol–water partition coefficient (Wildman–Crippen LogP) is 2.81. The lowest BCUT2D eigenvalue weighted by atomic mass is 10.1. The van der Waals surface area contributed by atoms with Crippen LogP contribution in [-0.4, -0.2) is 68.4 Å². The summed E-state index contributed by atoms with van der Waals surface area (Å²) in [6.07, 6.45) is -4.89. The molecular formula is C21H25F3N4O5. The lowest BCUT2D eigenvalue weighted by Gasteiger charge is -2.32. The van der Waals surface area contributed by atoms with Crippen molar-refractivity contribution in [1.82, 2.24) is 9.97 Å². The number of carbonyl (C=O) groups is 1. The van der Waals surface area contributed by atoms with E-state index in [1.54, 1.807) is 25.1 Å².